The number of likely N-dealkylation sites (tertiary alicyclic amines) is 1. The molecule has 0 unspecified atom stereocenters. The summed E-state index contributed by atoms with van der Waals surface area (Å²) in [4.78, 5) is 19.4. The highest BCUT2D eigenvalue weighted by molar-refractivity contribution is 5.82. The number of nitrogens with zero attached hydrogens (tertiary/aromatic N) is 3. The van der Waals surface area contributed by atoms with Crippen LogP contribution in [0.2, 0.25) is 0 Å². The number of hydrogen-bond donors (Lipinski definition) is 0. The van der Waals surface area contributed by atoms with Crippen LogP contribution in [0.4, 0.5) is 0 Å². The molecule has 0 aliphatic carbocycles. The Balaban J connectivity index is 2.74. The van der Waals surface area contributed by atoms with Gasteiger partial charge in [-0.15, -0.1) is 0 Å². The summed E-state index contributed by atoms with van der Waals surface area (Å²) >= 11 is 0. The molecule has 118 valence electrons. The van der Waals surface area contributed by atoms with E-state index in [9.17, 15) is 4.79 Å². The van der Waals surface area contributed by atoms with Crippen LogP contribution in [0, 0.1) is 5.92 Å². The standard InChI is InChI=1S/C16H33N3O/c1-12(2)15(18(6)13(3)4)16(20)19(7)14-8-10-17(5)11-9-14/h12-15H,8-11H2,1-7H3/t15-/m1/s1. The summed E-state index contributed by atoms with van der Waals surface area (Å²) in [5.74, 6) is 0.620. The van der Waals surface area contributed by atoms with Crippen LogP contribution in [0.15, 0.2) is 0 Å². The van der Waals surface area contributed by atoms with Crippen LogP contribution in [-0.4, -0.2) is 73.0 Å². The average molecular weight is 283 g/mol. The lowest BCUT2D eigenvalue weighted by atomic mass is 9.97. The van der Waals surface area contributed by atoms with E-state index in [0.29, 0.717) is 18.0 Å². The van der Waals surface area contributed by atoms with Gasteiger partial charge in [-0.1, -0.05) is 13.8 Å². The molecule has 1 fully saturated rings. The van der Waals surface area contributed by atoms with Crippen molar-refractivity contribution in [2.75, 3.05) is 34.2 Å². The van der Waals surface area contributed by atoms with Crippen LogP contribution in [0.25, 0.3) is 0 Å². The number of likely N-dealkylation sites (N-methyl/N-ethyl adjacent to an activating group) is 2. The topological polar surface area (TPSA) is 26.8 Å². The lowest BCUT2D eigenvalue weighted by Crippen LogP contribution is -2.54. The molecule has 0 radical (unpaired) electrons. The smallest absolute Gasteiger partial charge is 0.240 e. The number of hydrogen-bond acceptors (Lipinski definition) is 3. The molecule has 1 heterocycles. The fourth-order valence-corrected chi connectivity index (χ4v) is 3.02. The van der Waals surface area contributed by atoms with Gasteiger partial charge >= 0.3 is 0 Å². The van der Waals surface area contributed by atoms with Gasteiger partial charge < -0.3 is 9.80 Å². The van der Waals surface area contributed by atoms with Gasteiger partial charge in [0.25, 0.3) is 0 Å². The molecule has 1 aliphatic heterocycles. The number of carbonyl (C=O) groups excluding carboxylic acids is 1. The fraction of sp³-hybridized carbons (Fsp3) is 0.938. The molecule has 0 aromatic carbocycles. The van der Waals surface area contributed by atoms with Crippen LogP contribution in [-0.2, 0) is 4.79 Å². The van der Waals surface area contributed by atoms with E-state index in [2.05, 4.69) is 51.6 Å². The number of piperidine rings is 1. The molecule has 1 amide bonds. The van der Waals surface area contributed by atoms with E-state index < -0.39 is 0 Å². The fourth-order valence-electron chi connectivity index (χ4n) is 3.02. The van der Waals surface area contributed by atoms with E-state index in [1.807, 2.05) is 11.9 Å². The number of carbonyl (C=O) groups is 1. The molecule has 1 saturated heterocycles. The molecule has 0 N–H and O–H groups in total. The summed E-state index contributed by atoms with van der Waals surface area (Å²) < 4.78 is 0. The van der Waals surface area contributed by atoms with Crippen molar-refractivity contribution in [3.63, 3.8) is 0 Å². The Morgan fingerprint density at radius 2 is 1.60 bits per heavy atom. The van der Waals surface area contributed by atoms with Crippen molar-refractivity contribution in [3.05, 3.63) is 0 Å². The van der Waals surface area contributed by atoms with Gasteiger partial charge in [0.05, 0.1) is 6.04 Å². The minimum atomic E-state index is -0.0142. The SMILES string of the molecule is CC(C)[C@H](C(=O)N(C)C1CCN(C)CC1)N(C)C(C)C. The Morgan fingerprint density at radius 1 is 1.10 bits per heavy atom. The monoisotopic (exact) mass is 283 g/mol. The molecule has 1 rings (SSSR count). The number of rotatable bonds is 5. The second-order valence-electron chi connectivity index (χ2n) is 6.93. The van der Waals surface area contributed by atoms with E-state index in [-0.39, 0.29) is 11.9 Å². The molecule has 0 aromatic rings. The van der Waals surface area contributed by atoms with Gasteiger partial charge in [0.15, 0.2) is 0 Å². The van der Waals surface area contributed by atoms with E-state index >= 15 is 0 Å². The van der Waals surface area contributed by atoms with Crippen molar-refractivity contribution >= 4 is 5.91 Å². The lowest BCUT2D eigenvalue weighted by molar-refractivity contribution is -0.140. The molecule has 20 heavy (non-hydrogen) atoms. The maximum atomic E-state index is 12.9. The van der Waals surface area contributed by atoms with Crippen molar-refractivity contribution in [3.8, 4) is 0 Å². The lowest BCUT2D eigenvalue weighted by Gasteiger charge is -2.40. The Hall–Kier alpha value is -0.610. The Kier molecular flexibility index (Phi) is 6.46. The third-order valence-electron chi connectivity index (χ3n) is 4.72. The molecule has 1 atom stereocenters. The molecule has 0 saturated carbocycles. The second-order valence-corrected chi connectivity index (χ2v) is 6.93. The van der Waals surface area contributed by atoms with Crippen molar-refractivity contribution in [2.24, 2.45) is 5.92 Å². The highest BCUT2D eigenvalue weighted by Crippen LogP contribution is 2.20. The highest BCUT2D eigenvalue weighted by atomic mass is 16.2. The summed E-state index contributed by atoms with van der Waals surface area (Å²) in [7, 11) is 6.21. The minimum Gasteiger partial charge on any atom is -0.341 e. The second kappa shape index (κ2) is 7.41. The van der Waals surface area contributed by atoms with E-state index in [1.165, 1.54) is 0 Å². The normalized spacial score (nSPS) is 19.9. The van der Waals surface area contributed by atoms with E-state index in [4.69, 9.17) is 0 Å². The maximum absolute atomic E-state index is 12.9. The van der Waals surface area contributed by atoms with Crippen molar-refractivity contribution < 1.29 is 4.79 Å². The predicted molar refractivity (Wildman–Crippen MR) is 84.8 cm³/mol. The molecular formula is C16H33N3O. The third kappa shape index (κ3) is 4.19. The van der Waals surface area contributed by atoms with Crippen molar-refractivity contribution in [1.29, 1.82) is 0 Å². The van der Waals surface area contributed by atoms with Crippen LogP contribution in [0.1, 0.15) is 40.5 Å². The van der Waals surface area contributed by atoms with Crippen LogP contribution in [0.3, 0.4) is 0 Å². The maximum Gasteiger partial charge on any atom is 0.240 e. The molecule has 0 aromatic heterocycles. The predicted octanol–water partition coefficient (Wildman–Crippen LogP) is 1.90. The van der Waals surface area contributed by atoms with E-state index in [1.54, 1.807) is 0 Å². The highest BCUT2D eigenvalue weighted by Gasteiger charge is 2.33. The Labute approximate surface area is 125 Å². The van der Waals surface area contributed by atoms with Gasteiger partial charge in [-0.05, 0) is 59.8 Å². The Morgan fingerprint density at radius 3 is 2.00 bits per heavy atom. The minimum absolute atomic E-state index is 0.0142. The van der Waals surface area contributed by atoms with Gasteiger partial charge in [-0.2, -0.15) is 0 Å². The van der Waals surface area contributed by atoms with Gasteiger partial charge in [0.2, 0.25) is 5.91 Å². The molecule has 1 aliphatic rings. The summed E-state index contributed by atoms with van der Waals surface area (Å²) in [6, 6.07) is 0.775. The molecule has 4 heteroatoms. The first-order valence-corrected chi connectivity index (χ1v) is 7.92. The quantitative estimate of drug-likeness (QED) is 0.771. The first kappa shape index (κ1) is 17.4. The average Bonchev–Trinajstić information content (AvgIpc) is 2.38. The van der Waals surface area contributed by atoms with Crippen molar-refractivity contribution in [2.45, 2.75) is 58.7 Å². The van der Waals surface area contributed by atoms with Gasteiger partial charge in [0.1, 0.15) is 0 Å². The first-order chi connectivity index (χ1) is 9.25. The Bertz CT molecular complexity index is 309. The van der Waals surface area contributed by atoms with Gasteiger partial charge in [0, 0.05) is 19.1 Å². The molecule has 0 spiro atoms. The molecular weight excluding hydrogens is 250 g/mol. The van der Waals surface area contributed by atoms with Crippen LogP contribution < -0.4 is 0 Å². The zero-order valence-corrected chi connectivity index (χ0v) is 14.4. The van der Waals surface area contributed by atoms with Crippen LogP contribution in [0.5, 0.6) is 0 Å². The van der Waals surface area contributed by atoms with Gasteiger partial charge in [-0.3, -0.25) is 9.69 Å². The summed E-state index contributed by atoms with van der Waals surface area (Å²) in [5.41, 5.74) is 0. The summed E-state index contributed by atoms with van der Waals surface area (Å²) in [6.07, 6.45) is 2.18. The van der Waals surface area contributed by atoms with E-state index in [0.717, 1.165) is 25.9 Å². The summed E-state index contributed by atoms with van der Waals surface area (Å²) in [5, 5.41) is 0. The zero-order chi connectivity index (χ0) is 15.4. The largest absolute Gasteiger partial charge is 0.341 e. The van der Waals surface area contributed by atoms with Crippen LogP contribution >= 0.6 is 0 Å². The molecule has 4 nitrogen and oxygen atoms in total. The first-order valence-electron chi connectivity index (χ1n) is 7.92. The number of amides is 1. The summed E-state index contributed by atoms with van der Waals surface area (Å²) in [6.45, 7) is 10.8. The zero-order valence-electron chi connectivity index (χ0n) is 14.4. The molecule has 0 bridgehead atoms. The van der Waals surface area contributed by atoms with Gasteiger partial charge in [-0.25, -0.2) is 0 Å². The third-order valence-corrected chi connectivity index (χ3v) is 4.72. The van der Waals surface area contributed by atoms with Crippen molar-refractivity contribution in [1.82, 2.24) is 14.7 Å².